The summed E-state index contributed by atoms with van der Waals surface area (Å²) >= 11 is 0. The molecule has 2 aromatic rings. The number of hydrogen-bond donors (Lipinski definition) is 2. The second-order valence-electron chi connectivity index (χ2n) is 4.97. The van der Waals surface area contributed by atoms with E-state index in [-0.39, 0.29) is 12.6 Å². The molecule has 2 amide bonds. The van der Waals surface area contributed by atoms with Gasteiger partial charge in [0.05, 0.1) is 12.1 Å². The molecule has 1 aromatic heterocycles. The van der Waals surface area contributed by atoms with E-state index in [0.717, 1.165) is 5.56 Å². The zero-order valence-corrected chi connectivity index (χ0v) is 12.3. The molecule has 0 aliphatic heterocycles. The number of carboxylic acids is 1. The van der Waals surface area contributed by atoms with Crippen molar-refractivity contribution in [2.75, 3.05) is 18.9 Å². The van der Waals surface area contributed by atoms with E-state index in [4.69, 9.17) is 9.52 Å². The van der Waals surface area contributed by atoms with Crippen LogP contribution in [0.15, 0.2) is 41.1 Å². The van der Waals surface area contributed by atoms with Gasteiger partial charge in [-0.25, -0.2) is 9.78 Å². The number of aliphatic carboxylic acids is 1. The molecule has 0 bridgehead atoms. The second-order valence-corrected chi connectivity index (χ2v) is 4.97. The molecule has 0 spiro atoms. The highest BCUT2D eigenvalue weighted by Gasteiger charge is 2.17. The SMILES string of the molecule is CC(CN(C)C(=O)Nc1cccc(-c2ncco2)c1)C(=O)O. The van der Waals surface area contributed by atoms with Crippen molar-refractivity contribution in [3.05, 3.63) is 36.7 Å². The monoisotopic (exact) mass is 303 g/mol. The third kappa shape index (κ3) is 3.85. The zero-order chi connectivity index (χ0) is 16.1. The summed E-state index contributed by atoms with van der Waals surface area (Å²) in [6, 6.07) is 6.68. The van der Waals surface area contributed by atoms with Gasteiger partial charge in [0.1, 0.15) is 6.26 Å². The molecule has 0 aliphatic rings. The molecule has 22 heavy (non-hydrogen) atoms. The smallest absolute Gasteiger partial charge is 0.321 e. The van der Waals surface area contributed by atoms with Gasteiger partial charge < -0.3 is 19.7 Å². The zero-order valence-electron chi connectivity index (χ0n) is 12.3. The van der Waals surface area contributed by atoms with Gasteiger partial charge >= 0.3 is 12.0 Å². The van der Waals surface area contributed by atoms with Crippen LogP contribution in [-0.4, -0.2) is 40.6 Å². The van der Waals surface area contributed by atoms with E-state index in [1.165, 1.54) is 11.2 Å². The topological polar surface area (TPSA) is 95.7 Å². The average Bonchev–Trinajstić information content (AvgIpc) is 3.01. The summed E-state index contributed by atoms with van der Waals surface area (Å²) in [5.41, 5.74) is 1.32. The summed E-state index contributed by atoms with van der Waals surface area (Å²) in [6.45, 7) is 1.68. The minimum absolute atomic E-state index is 0.126. The molecule has 0 saturated carbocycles. The first-order chi connectivity index (χ1) is 10.5. The van der Waals surface area contributed by atoms with E-state index in [2.05, 4.69) is 10.3 Å². The lowest BCUT2D eigenvalue weighted by Crippen LogP contribution is -2.36. The first-order valence-electron chi connectivity index (χ1n) is 6.72. The van der Waals surface area contributed by atoms with Crippen LogP contribution in [0.2, 0.25) is 0 Å². The maximum absolute atomic E-state index is 12.1. The van der Waals surface area contributed by atoms with Crippen LogP contribution in [0, 0.1) is 5.92 Å². The van der Waals surface area contributed by atoms with Crippen LogP contribution in [0.4, 0.5) is 10.5 Å². The lowest BCUT2D eigenvalue weighted by Gasteiger charge is -2.20. The Morgan fingerprint density at radius 3 is 2.86 bits per heavy atom. The number of nitrogens with one attached hydrogen (secondary N) is 1. The van der Waals surface area contributed by atoms with Crippen LogP contribution in [0.25, 0.3) is 11.5 Å². The van der Waals surface area contributed by atoms with Crippen LogP contribution < -0.4 is 5.32 Å². The van der Waals surface area contributed by atoms with Crippen molar-refractivity contribution < 1.29 is 19.1 Å². The summed E-state index contributed by atoms with van der Waals surface area (Å²) in [5, 5.41) is 11.6. The number of hydrogen-bond acceptors (Lipinski definition) is 4. The molecule has 1 unspecified atom stereocenters. The van der Waals surface area contributed by atoms with E-state index in [0.29, 0.717) is 11.6 Å². The summed E-state index contributed by atoms with van der Waals surface area (Å²) in [4.78, 5) is 28.2. The quantitative estimate of drug-likeness (QED) is 0.885. The molecule has 7 nitrogen and oxygen atoms in total. The standard InChI is InChI=1S/C15H17N3O4/c1-10(14(19)20)9-18(2)15(21)17-12-5-3-4-11(8-12)13-16-6-7-22-13/h3-8,10H,9H2,1-2H3,(H,17,21)(H,19,20). The molecule has 0 fully saturated rings. The van der Waals surface area contributed by atoms with Crippen LogP contribution in [0.5, 0.6) is 0 Å². The Morgan fingerprint density at radius 1 is 1.45 bits per heavy atom. The predicted molar refractivity (Wildman–Crippen MR) is 80.4 cm³/mol. The Balaban J connectivity index is 2.03. The Hall–Kier alpha value is -2.83. The van der Waals surface area contributed by atoms with Crippen molar-refractivity contribution in [2.24, 2.45) is 5.92 Å². The van der Waals surface area contributed by atoms with Gasteiger partial charge in [-0.3, -0.25) is 4.79 Å². The first kappa shape index (κ1) is 15.6. The predicted octanol–water partition coefficient (Wildman–Crippen LogP) is 2.53. The number of urea groups is 1. The van der Waals surface area contributed by atoms with Crippen molar-refractivity contribution in [3.63, 3.8) is 0 Å². The number of anilines is 1. The van der Waals surface area contributed by atoms with Gasteiger partial charge in [-0.1, -0.05) is 13.0 Å². The van der Waals surface area contributed by atoms with Gasteiger partial charge in [-0.2, -0.15) is 0 Å². The highest BCUT2D eigenvalue weighted by Crippen LogP contribution is 2.21. The molecule has 1 aromatic carbocycles. The highest BCUT2D eigenvalue weighted by atomic mass is 16.4. The fraction of sp³-hybridized carbons (Fsp3) is 0.267. The number of benzene rings is 1. The summed E-state index contributed by atoms with van der Waals surface area (Å²) in [7, 11) is 1.55. The largest absolute Gasteiger partial charge is 0.481 e. The number of carboxylic acid groups (broad SMARTS) is 1. The average molecular weight is 303 g/mol. The van der Waals surface area contributed by atoms with E-state index in [1.54, 1.807) is 38.4 Å². The number of nitrogens with zero attached hydrogens (tertiary/aromatic N) is 2. The lowest BCUT2D eigenvalue weighted by molar-refractivity contribution is -0.141. The molecule has 1 heterocycles. The lowest BCUT2D eigenvalue weighted by atomic mass is 10.2. The van der Waals surface area contributed by atoms with Gasteiger partial charge in [-0.15, -0.1) is 0 Å². The van der Waals surface area contributed by atoms with Crippen LogP contribution in [0.3, 0.4) is 0 Å². The highest BCUT2D eigenvalue weighted by molar-refractivity contribution is 5.90. The third-order valence-corrected chi connectivity index (χ3v) is 3.11. The molecule has 116 valence electrons. The molecule has 0 saturated heterocycles. The second kappa shape index (κ2) is 6.75. The minimum atomic E-state index is -0.939. The molecule has 7 heteroatoms. The molecular weight excluding hydrogens is 286 g/mol. The van der Waals surface area contributed by atoms with E-state index < -0.39 is 11.9 Å². The van der Waals surface area contributed by atoms with Crippen molar-refractivity contribution in [1.29, 1.82) is 0 Å². The van der Waals surface area contributed by atoms with E-state index >= 15 is 0 Å². The maximum atomic E-state index is 12.1. The molecular formula is C15H17N3O4. The number of oxazole rings is 1. The van der Waals surface area contributed by atoms with Crippen molar-refractivity contribution >= 4 is 17.7 Å². The Morgan fingerprint density at radius 2 is 2.23 bits per heavy atom. The number of aromatic nitrogens is 1. The Bertz CT molecular complexity index is 655. The summed E-state index contributed by atoms with van der Waals surface area (Å²) in [6.07, 6.45) is 3.02. The maximum Gasteiger partial charge on any atom is 0.321 e. The van der Waals surface area contributed by atoms with Gasteiger partial charge in [0, 0.05) is 24.8 Å². The number of carbonyl (C=O) groups excluding carboxylic acids is 1. The molecule has 0 aliphatic carbocycles. The third-order valence-electron chi connectivity index (χ3n) is 3.11. The molecule has 0 radical (unpaired) electrons. The molecule has 2 N–H and O–H groups in total. The molecule has 1 atom stereocenters. The van der Waals surface area contributed by atoms with Crippen molar-refractivity contribution in [1.82, 2.24) is 9.88 Å². The fourth-order valence-corrected chi connectivity index (χ4v) is 1.89. The van der Waals surface area contributed by atoms with E-state index in [1.807, 2.05) is 6.07 Å². The van der Waals surface area contributed by atoms with Gasteiger partial charge in [-0.05, 0) is 18.2 Å². The minimum Gasteiger partial charge on any atom is -0.481 e. The summed E-state index contributed by atoms with van der Waals surface area (Å²) < 4.78 is 5.21. The number of carbonyl (C=O) groups is 2. The number of amides is 2. The fourth-order valence-electron chi connectivity index (χ4n) is 1.89. The van der Waals surface area contributed by atoms with Crippen molar-refractivity contribution in [2.45, 2.75) is 6.92 Å². The van der Waals surface area contributed by atoms with E-state index in [9.17, 15) is 9.59 Å². The van der Waals surface area contributed by atoms with Crippen LogP contribution in [0.1, 0.15) is 6.92 Å². The normalized spacial score (nSPS) is 11.7. The van der Waals surface area contributed by atoms with Crippen molar-refractivity contribution in [3.8, 4) is 11.5 Å². The number of rotatable bonds is 5. The first-order valence-corrected chi connectivity index (χ1v) is 6.72. The van der Waals surface area contributed by atoms with Gasteiger partial charge in [0.15, 0.2) is 0 Å². The Labute approximate surface area is 127 Å². The summed E-state index contributed by atoms with van der Waals surface area (Å²) in [5.74, 6) is -1.11. The van der Waals surface area contributed by atoms with Gasteiger partial charge in [0.2, 0.25) is 5.89 Å². The molecule has 2 rings (SSSR count). The Kier molecular flexibility index (Phi) is 4.77. The van der Waals surface area contributed by atoms with Gasteiger partial charge in [0.25, 0.3) is 0 Å². The van der Waals surface area contributed by atoms with Crippen LogP contribution in [-0.2, 0) is 4.79 Å². The van der Waals surface area contributed by atoms with Crippen LogP contribution >= 0.6 is 0 Å².